The minimum absolute atomic E-state index is 0.296. The van der Waals surface area contributed by atoms with Gasteiger partial charge in [0, 0.05) is 19.1 Å². The highest BCUT2D eigenvalue weighted by Crippen LogP contribution is 2.36. The number of hydrogen-bond acceptors (Lipinski definition) is 2. The van der Waals surface area contributed by atoms with E-state index in [0.717, 1.165) is 30.4 Å². The van der Waals surface area contributed by atoms with E-state index in [1.807, 2.05) is 18.2 Å². The fourth-order valence-corrected chi connectivity index (χ4v) is 4.22. The first-order valence-corrected chi connectivity index (χ1v) is 10.5. The molecule has 2 rings (SSSR count). The van der Waals surface area contributed by atoms with Crippen molar-refractivity contribution in [2.24, 2.45) is 0 Å². The van der Waals surface area contributed by atoms with E-state index in [-0.39, 0.29) is 0 Å². The molecule has 0 spiro atoms. The van der Waals surface area contributed by atoms with Gasteiger partial charge < -0.3 is 0 Å². The first-order valence-electron chi connectivity index (χ1n) is 8.63. The third-order valence-corrected chi connectivity index (χ3v) is 6.55. The maximum absolute atomic E-state index is 12.5. The van der Waals surface area contributed by atoms with Gasteiger partial charge in [-0.1, -0.05) is 50.1 Å². The van der Waals surface area contributed by atoms with Crippen LogP contribution in [0.4, 0.5) is 0 Å². The maximum Gasteiger partial charge on any atom is 0.242 e. The Morgan fingerprint density at radius 2 is 1.80 bits per heavy atom. The van der Waals surface area contributed by atoms with Gasteiger partial charge in [-0.15, -0.1) is 0 Å². The van der Waals surface area contributed by atoms with Crippen molar-refractivity contribution >= 4 is 21.6 Å². The molecule has 0 heterocycles. The minimum atomic E-state index is -3.47. The molecule has 0 aliphatic heterocycles. The molecule has 25 heavy (non-hydrogen) atoms. The molecule has 0 fully saturated rings. The Bertz CT molecular complexity index is 831. The van der Waals surface area contributed by atoms with Crippen molar-refractivity contribution in [1.29, 1.82) is 0 Å². The second-order valence-electron chi connectivity index (χ2n) is 6.44. The number of nitrogens with zero attached hydrogens (tertiary/aromatic N) is 1. The molecule has 0 saturated carbocycles. The molecule has 0 aliphatic carbocycles. The molecule has 1 atom stereocenters. The monoisotopic (exact) mass is 379 g/mol. The summed E-state index contributed by atoms with van der Waals surface area (Å²) in [4.78, 5) is 0.296. The quantitative estimate of drug-likeness (QED) is 0.632. The van der Waals surface area contributed by atoms with Gasteiger partial charge in [0.05, 0.1) is 4.90 Å². The molecule has 0 aliphatic rings. The maximum atomic E-state index is 12.5. The van der Waals surface area contributed by atoms with Gasteiger partial charge in [-0.25, -0.2) is 12.7 Å². The van der Waals surface area contributed by atoms with Crippen molar-refractivity contribution in [3.05, 3.63) is 53.1 Å². The lowest BCUT2D eigenvalue weighted by molar-refractivity contribution is 0.521. The van der Waals surface area contributed by atoms with E-state index in [1.54, 1.807) is 32.3 Å². The molecule has 0 N–H and O–H groups in total. The van der Waals surface area contributed by atoms with Crippen LogP contribution in [0.3, 0.4) is 0 Å². The van der Waals surface area contributed by atoms with Gasteiger partial charge in [0.1, 0.15) is 0 Å². The molecule has 2 aromatic carbocycles. The highest BCUT2D eigenvalue weighted by atomic mass is 35.5. The molecule has 136 valence electrons. The highest BCUT2D eigenvalue weighted by molar-refractivity contribution is 7.89. The summed E-state index contributed by atoms with van der Waals surface area (Å²) in [6, 6.07) is 13.0. The van der Waals surface area contributed by atoms with Crippen LogP contribution in [0, 0.1) is 0 Å². The molecule has 0 bridgehead atoms. The fourth-order valence-electron chi connectivity index (χ4n) is 3.10. The summed E-state index contributed by atoms with van der Waals surface area (Å²) in [7, 11) is -0.380. The van der Waals surface area contributed by atoms with Gasteiger partial charge in [-0.2, -0.15) is 0 Å². The summed E-state index contributed by atoms with van der Waals surface area (Å²) >= 11 is 6.25. The van der Waals surface area contributed by atoms with Crippen molar-refractivity contribution in [3.8, 4) is 11.1 Å². The van der Waals surface area contributed by atoms with Crippen LogP contribution in [0.2, 0.25) is 5.02 Å². The van der Waals surface area contributed by atoms with E-state index in [0.29, 0.717) is 15.8 Å². The van der Waals surface area contributed by atoms with Gasteiger partial charge in [-0.05, 0) is 59.7 Å². The molecular weight excluding hydrogens is 354 g/mol. The Morgan fingerprint density at radius 1 is 1.08 bits per heavy atom. The summed E-state index contributed by atoms with van der Waals surface area (Å²) in [6.45, 7) is 4.37. The van der Waals surface area contributed by atoms with Gasteiger partial charge in [-0.3, -0.25) is 0 Å². The highest BCUT2D eigenvalue weighted by Gasteiger charge is 2.19. The topological polar surface area (TPSA) is 37.4 Å². The normalized spacial score (nSPS) is 13.2. The van der Waals surface area contributed by atoms with Crippen LogP contribution in [-0.4, -0.2) is 26.8 Å². The second kappa shape index (κ2) is 8.35. The zero-order valence-electron chi connectivity index (χ0n) is 15.3. The van der Waals surface area contributed by atoms with Crippen molar-refractivity contribution < 1.29 is 8.42 Å². The first kappa shape index (κ1) is 20.0. The molecule has 3 nitrogen and oxygen atoms in total. The lowest BCUT2D eigenvalue weighted by Gasteiger charge is -2.20. The molecule has 0 radical (unpaired) electrons. The van der Waals surface area contributed by atoms with Crippen molar-refractivity contribution in [1.82, 2.24) is 4.31 Å². The number of rotatable bonds is 7. The van der Waals surface area contributed by atoms with Crippen LogP contribution in [0.5, 0.6) is 0 Å². The molecule has 1 unspecified atom stereocenters. The van der Waals surface area contributed by atoms with E-state index in [4.69, 9.17) is 11.6 Å². The van der Waals surface area contributed by atoms with Crippen molar-refractivity contribution in [3.63, 3.8) is 0 Å². The molecule has 0 amide bonds. The lowest BCUT2D eigenvalue weighted by Crippen LogP contribution is -2.22. The van der Waals surface area contributed by atoms with Gasteiger partial charge >= 0.3 is 0 Å². The summed E-state index contributed by atoms with van der Waals surface area (Å²) in [5, 5.41) is 0.658. The second-order valence-corrected chi connectivity index (χ2v) is 9.03. The van der Waals surface area contributed by atoms with Gasteiger partial charge in [0.15, 0.2) is 0 Å². The number of halogens is 1. The predicted octanol–water partition coefficient (Wildman–Crippen LogP) is 5.55. The third-order valence-electron chi connectivity index (χ3n) is 4.51. The van der Waals surface area contributed by atoms with Crippen molar-refractivity contribution in [2.75, 3.05) is 14.1 Å². The average molecular weight is 380 g/mol. The van der Waals surface area contributed by atoms with Crippen LogP contribution in [-0.2, 0) is 10.0 Å². The molecule has 2 aromatic rings. The van der Waals surface area contributed by atoms with Crippen LogP contribution in [0.25, 0.3) is 11.1 Å². The van der Waals surface area contributed by atoms with Gasteiger partial charge in [0.2, 0.25) is 10.0 Å². The molecule has 5 heteroatoms. The Kier molecular flexibility index (Phi) is 6.66. The van der Waals surface area contributed by atoms with E-state index in [2.05, 4.69) is 19.9 Å². The standard InChI is InChI=1S/C20H26ClNO2S/c1-5-8-15(6-2)19-12-11-17(21)14-20(19)16-9-7-10-18(13-16)25(23,24)22(3)4/h7,9-15H,5-6,8H2,1-4H3. The zero-order valence-corrected chi connectivity index (χ0v) is 16.9. The van der Waals surface area contributed by atoms with Crippen LogP contribution < -0.4 is 0 Å². The molecular formula is C20H26ClNO2S. The Labute approximate surface area is 156 Å². The van der Waals surface area contributed by atoms with Crippen molar-refractivity contribution in [2.45, 2.75) is 43.9 Å². The first-order chi connectivity index (χ1) is 11.8. The smallest absolute Gasteiger partial charge is 0.207 e. The summed E-state index contributed by atoms with van der Waals surface area (Å²) in [5.74, 6) is 0.436. The Hall–Kier alpha value is -1.36. The number of benzene rings is 2. The van der Waals surface area contributed by atoms with Gasteiger partial charge in [0.25, 0.3) is 0 Å². The minimum Gasteiger partial charge on any atom is -0.207 e. The zero-order chi connectivity index (χ0) is 18.6. The predicted molar refractivity (Wildman–Crippen MR) is 106 cm³/mol. The number of hydrogen-bond donors (Lipinski definition) is 0. The van der Waals surface area contributed by atoms with E-state index < -0.39 is 10.0 Å². The largest absolute Gasteiger partial charge is 0.242 e. The molecule has 0 saturated heterocycles. The Balaban J connectivity index is 2.61. The Morgan fingerprint density at radius 3 is 2.40 bits per heavy atom. The van der Waals surface area contributed by atoms with Crippen LogP contribution >= 0.6 is 11.6 Å². The summed E-state index contributed by atoms with van der Waals surface area (Å²) < 4.78 is 26.2. The SMILES string of the molecule is CCCC(CC)c1ccc(Cl)cc1-c1cccc(S(=O)(=O)N(C)C)c1. The van der Waals surface area contributed by atoms with Crippen LogP contribution in [0.15, 0.2) is 47.4 Å². The van der Waals surface area contributed by atoms with Crippen LogP contribution in [0.1, 0.15) is 44.6 Å². The third kappa shape index (κ3) is 4.43. The fraction of sp³-hybridized carbons (Fsp3) is 0.400. The lowest BCUT2D eigenvalue weighted by atomic mass is 9.86. The number of sulfonamides is 1. The summed E-state index contributed by atoms with van der Waals surface area (Å²) in [5.41, 5.74) is 3.13. The van der Waals surface area contributed by atoms with E-state index in [9.17, 15) is 8.42 Å². The van der Waals surface area contributed by atoms with E-state index in [1.165, 1.54) is 9.87 Å². The summed E-state index contributed by atoms with van der Waals surface area (Å²) in [6.07, 6.45) is 3.24. The molecule has 0 aromatic heterocycles. The average Bonchev–Trinajstić information content (AvgIpc) is 2.60. The van der Waals surface area contributed by atoms with E-state index >= 15 is 0 Å².